The molecular weight excluding hydrogens is 221 g/mol. The summed E-state index contributed by atoms with van der Waals surface area (Å²) in [6, 6.07) is 5.75. The van der Waals surface area contributed by atoms with Crippen molar-refractivity contribution in [3.63, 3.8) is 0 Å². The van der Waals surface area contributed by atoms with Gasteiger partial charge in [-0.3, -0.25) is 0 Å². The van der Waals surface area contributed by atoms with Gasteiger partial charge in [-0.15, -0.1) is 0 Å². The number of benzene rings is 1. The highest BCUT2D eigenvalue weighted by Gasteiger charge is 2.18. The molecule has 88 valence electrons. The van der Waals surface area contributed by atoms with Crippen LogP contribution < -0.4 is 0 Å². The number of hydrogen-bond acceptors (Lipinski definition) is 5. The number of nitrogens with zero attached hydrogens (tertiary/aromatic N) is 1. The molecule has 0 spiro atoms. The van der Waals surface area contributed by atoms with Gasteiger partial charge in [0.05, 0.1) is 7.11 Å². The van der Waals surface area contributed by atoms with Gasteiger partial charge in [0.15, 0.2) is 12.4 Å². The molecule has 5 nitrogen and oxygen atoms in total. The third-order valence-corrected chi connectivity index (χ3v) is 2.14. The quantitative estimate of drug-likeness (QED) is 0.350. The average Bonchev–Trinajstić information content (AvgIpc) is 2.36. The van der Waals surface area contributed by atoms with Crippen LogP contribution >= 0.6 is 0 Å². The van der Waals surface area contributed by atoms with E-state index in [0.29, 0.717) is 6.42 Å². The monoisotopic (exact) mass is 233 g/mol. The maximum Gasteiger partial charge on any atom is 0.375 e. The Labute approximate surface area is 101 Å². The lowest BCUT2D eigenvalue weighted by atomic mass is 10.1. The summed E-state index contributed by atoms with van der Waals surface area (Å²) in [5.41, 5.74) is 0.840. The molecule has 0 aliphatic heterocycles. The number of ether oxygens (including phenoxy) is 1. The minimum Gasteiger partial charge on any atom is -0.560 e. The molecule has 0 saturated carbocycles. The van der Waals surface area contributed by atoms with Crippen molar-refractivity contribution in [3.05, 3.63) is 29.8 Å². The van der Waals surface area contributed by atoms with Crippen molar-refractivity contribution in [1.82, 2.24) is 0 Å². The molecule has 6 heteroatoms. The summed E-state index contributed by atoms with van der Waals surface area (Å²) in [6.45, 7) is 0. The Morgan fingerprint density at radius 3 is 2.71 bits per heavy atom. The summed E-state index contributed by atoms with van der Waals surface area (Å²) >= 11 is 0. The van der Waals surface area contributed by atoms with Crippen LogP contribution in [0.15, 0.2) is 29.3 Å². The molecule has 0 saturated heterocycles. The number of methoxy groups -OCH3 is 1. The van der Waals surface area contributed by atoms with Crippen LogP contribution in [0.3, 0.4) is 0 Å². The van der Waals surface area contributed by atoms with Crippen molar-refractivity contribution in [2.24, 2.45) is 4.99 Å². The van der Waals surface area contributed by atoms with Gasteiger partial charge in [-0.05, 0) is 17.7 Å². The maximum atomic E-state index is 11.4. The number of carbonyl (C=O) groups is 1. The van der Waals surface area contributed by atoms with E-state index < -0.39 is 12.0 Å². The maximum absolute atomic E-state index is 11.4. The van der Waals surface area contributed by atoms with Crippen molar-refractivity contribution < 1.29 is 19.3 Å². The fourth-order valence-corrected chi connectivity index (χ4v) is 1.30. The molecule has 0 aliphatic rings. The van der Waals surface area contributed by atoms with Gasteiger partial charge in [0.1, 0.15) is 5.75 Å². The second-order valence-electron chi connectivity index (χ2n) is 3.30. The van der Waals surface area contributed by atoms with Crippen molar-refractivity contribution in [2.75, 3.05) is 7.11 Å². The van der Waals surface area contributed by atoms with Crippen molar-refractivity contribution in [3.8, 4) is 5.75 Å². The molecule has 0 aliphatic carbocycles. The van der Waals surface area contributed by atoms with Gasteiger partial charge in [-0.2, -0.15) is 0 Å². The minimum atomic E-state index is -0.715. The number of aliphatic imine (C=N–C) groups is 1. The van der Waals surface area contributed by atoms with Crippen molar-refractivity contribution in [1.29, 1.82) is 0 Å². The Bertz CT molecular complexity index is 391. The van der Waals surface area contributed by atoms with Gasteiger partial charge in [0.25, 0.3) is 0 Å². The van der Waals surface area contributed by atoms with Crippen LogP contribution in [0, 0.1) is 0 Å². The number of rotatable bonds is 5. The first-order valence-electron chi connectivity index (χ1n) is 4.90. The van der Waals surface area contributed by atoms with Crippen LogP contribution in [0.1, 0.15) is 5.56 Å². The van der Waals surface area contributed by atoms with E-state index in [1.165, 1.54) is 19.2 Å². The zero-order valence-corrected chi connectivity index (χ0v) is 9.37. The molecule has 1 rings (SSSR count). The van der Waals surface area contributed by atoms with Crippen LogP contribution in [0.2, 0.25) is 0 Å². The minimum absolute atomic E-state index is 0.164. The molecule has 0 bridgehead atoms. The Kier molecular flexibility index (Phi) is 5.06. The predicted molar refractivity (Wildman–Crippen MR) is 62.9 cm³/mol. The highest BCUT2D eigenvalue weighted by molar-refractivity contribution is 6.02. The third-order valence-electron chi connectivity index (χ3n) is 2.14. The molecule has 1 atom stereocenters. The van der Waals surface area contributed by atoms with Gasteiger partial charge in [0.2, 0.25) is 0 Å². The number of phenols is 1. The topological polar surface area (TPSA) is 68.1 Å². The van der Waals surface area contributed by atoms with Gasteiger partial charge < -0.3 is 14.5 Å². The van der Waals surface area contributed by atoms with Crippen LogP contribution in [0.5, 0.6) is 5.75 Å². The molecule has 0 fully saturated rings. The van der Waals surface area contributed by atoms with E-state index >= 15 is 0 Å². The largest absolute Gasteiger partial charge is 0.560 e. The second-order valence-corrected chi connectivity index (χ2v) is 3.30. The molecule has 17 heavy (non-hydrogen) atoms. The first-order chi connectivity index (χ1) is 8.17. The lowest BCUT2D eigenvalue weighted by molar-refractivity contribution is -0.142. The van der Waals surface area contributed by atoms with Gasteiger partial charge in [0, 0.05) is 6.42 Å². The van der Waals surface area contributed by atoms with Crippen LogP contribution in [-0.4, -0.2) is 38.7 Å². The summed E-state index contributed by atoms with van der Waals surface area (Å²) in [7, 11) is 6.08. The zero-order valence-electron chi connectivity index (χ0n) is 9.37. The van der Waals surface area contributed by atoms with E-state index in [-0.39, 0.29) is 5.75 Å². The van der Waals surface area contributed by atoms with Crippen LogP contribution in [-0.2, 0) is 20.6 Å². The number of carbonyl (C=O) groups excluding carboxylic acids is 1. The fraction of sp³-hybridized carbons (Fsp3) is 0.273. The van der Waals surface area contributed by atoms with E-state index in [9.17, 15) is 4.79 Å². The molecule has 1 aromatic carbocycles. The number of aromatic hydroxyl groups is 1. The van der Waals surface area contributed by atoms with Crippen LogP contribution in [0.25, 0.3) is 0 Å². The first-order valence-corrected chi connectivity index (χ1v) is 4.90. The Morgan fingerprint density at radius 2 is 2.18 bits per heavy atom. The Morgan fingerprint density at radius 1 is 1.53 bits per heavy atom. The molecule has 0 aromatic heterocycles. The molecule has 0 unspecified atom stereocenters. The molecular formula is C11H12BNO4. The first kappa shape index (κ1) is 13.1. The normalized spacial score (nSPS) is 12.3. The van der Waals surface area contributed by atoms with E-state index in [2.05, 4.69) is 14.4 Å². The molecule has 1 aromatic rings. The Hall–Kier alpha value is -1.98. The van der Waals surface area contributed by atoms with Crippen molar-refractivity contribution >= 4 is 20.4 Å². The summed E-state index contributed by atoms with van der Waals surface area (Å²) in [6.07, 6.45) is 1.33. The number of esters is 1. The molecule has 1 N–H and O–H groups in total. The smallest absolute Gasteiger partial charge is 0.375 e. The van der Waals surface area contributed by atoms with Gasteiger partial charge in [-0.25, -0.2) is 9.79 Å². The van der Waals surface area contributed by atoms with Crippen LogP contribution in [0.4, 0.5) is 0 Å². The highest BCUT2D eigenvalue weighted by Crippen LogP contribution is 2.12. The zero-order chi connectivity index (χ0) is 12.7. The fourth-order valence-electron chi connectivity index (χ4n) is 1.30. The molecule has 0 amide bonds. The van der Waals surface area contributed by atoms with E-state index in [0.717, 1.165) is 12.0 Å². The standard InChI is InChI=1S/C11H12BNO4/c1-16-11(15)10(13-7-17-12)6-8-2-4-9(14)5-3-8/h2-5,7,10,14H,6H2,1H3/t10-/m0/s1. The van der Waals surface area contributed by atoms with E-state index in [1.807, 2.05) is 0 Å². The van der Waals surface area contributed by atoms with E-state index in [1.54, 1.807) is 12.1 Å². The van der Waals surface area contributed by atoms with Crippen molar-refractivity contribution in [2.45, 2.75) is 12.5 Å². The Balaban J connectivity index is 2.75. The van der Waals surface area contributed by atoms with Gasteiger partial charge in [-0.1, -0.05) is 12.1 Å². The summed E-state index contributed by atoms with van der Waals surface area (Å²) in [5, 5.41) is 9.13. The summed E-state index contributed by atoms with van der Waals surface area (Å²) < 4.78 is 8.79. The lowest BCUT2D eigenvalue weighted by Gasteiger charge is -2.09. The SMILES string of the molecule is [B]OC=N[C@@H](Cc1ccc(O)cc1)C(=O)OC. The number of phenolic OH excluding ortho intramolecular Hbond substituents is 1. The third kappa shape index (κ3) is 4.18. The van der Waals surface area contributed by atoms with Gasteiger partial charge >= 0.3 is 14.0 Å². The molecule has 2 radical (unpaired) electrons. The van der Waals surface area contributed by atoms with E-state index in [4.69, 9.17) is 13.2 Å². The average molecular weight is 233 g/mol. The summed E-state index contributed by atoms with van der Waals surface area (Å²) in [5.74, 6) is -0.316. The second kappa shape index (κ2) is 6.57. The predicted octanol–water partition coefficient (Wildman–Crippen LogP) is 0.605. The highest BCUT2D eigenvalue weighted by atomic mass is 16.5. The number of hydrogen-bond donors (Lipinski definition) is 1. The molecule has 0 heterocycles. The summed E-state index contributed by atoms with van der Waals surface area (Å²) in [4.78, 5) is 15.2. The lowest BCUT2D eigenvalue weighted by Crippen LogP contribution is -2.23.